The van der Waals surface area contributed by atoms with Gasteiger partial charge in [0.05, 0.1) is 24.1 Å². The van der Waals surface area contributed by atoms with Crippen molar-refractivity contribution in [1.82, 2.24) is 19.4 Å². The number of imidazole rings is 1. The van der Waals surface area contributed by atoms with Crippen LogP contribution in [0.2, 0.25) is 0 Å². The van der Waals surface area contributed by atoms with Gasteiger partial charge in [0.25, 0.3) is 0 Å². The predicted octanol–water partition coefficient (Wildman–Crippen LogP) is 6.10. The fourth-order valence-electron chi connectivity index (χ4n) is 4.17. The van der Waals surface area contributed by atoms with Gasteiger partial charge in [-0.3, -0.25) is 4.98 Å². The number of nitrogens with zero attached hydrogens (tertiary/aromatic N) is 5. The monoisotopic (exact) mass is 547 g/mol. The molecule has 12 heteroatoms. The molecule has 0 saturated heterocycles. The fraction of sp³-hybridized carbons (Fsp3) is 0.143. The lowest BCUT2D eigenvalue weighted by atomic mass is 10.1. The van der Waals surface area contributed by atoms with Crippen LogP contribution in [-0.2, 0) is 12.7 Å². The summed E-state index contributed by atoms with van der Waals surface area (Å²) in [5.41, 5.74) is 2.49. The van der Waals surface area contributed by atoms with E-state index in [2.05, 4.69) is 20.6 Å². The highest BCUT2D eigenvalue weighted by atomic mass is 19.4. The van der Waals surface area contributed by atoms with Crippen molar-refractivity contribution in [3.05, 3.63) is 96.7 Å². The number of urea groups is 1. The summed E-state index contributed by atoms with van der Waals surface area (Å²) in [7, 11) is 3.23. The molecule has 0 aliphatic heterocycles. The maximum absolute atomic E-state index is 13.2. The Morgan fingerprint density at radius 3 is 2.60 bits per heavy atom. The van der Waals surface area contributed by atoms with Crippen molar-refractivity contribution in [3.63, 3.8) is 0 Å². The Labute approximate surface area is 227 Å². The molecule has 2 aromatic carbocycles. The van der Waals surface area contributed by atoms with Crippen LogP contribution < -0.4 is 20.3 Å². The van der Waals surface area contributed by atoms with Crippen molar-refractivity contribution in [1.29, 1.82) is 0 Å². The molecule has 9 nitrogen and oxygen atoms in total. The van der Waals surface area contributed by atoms with Crippen LogP contribution in [0.1, 0.15) is 11.1 Å². The summed E-state index contributed by atoms with van der Waals surface area (Å²) in [6.07, 6.45) is 4.24. The van der Waals surface area contributed by atoms with Gasteiger partial charge in [-0.15, -0.1) is 0 Å². The maximum Gasteiger partial charge on any atom is 0.416 e. The molecule has 0 saturated carbocycles. The Bertz CT molecular complexity index is 1660. The zero-order valence-corrected chi connectivity index (χ0v) is 21.5. The van der Waals surface area contributed by atoms with Gasteiger partial charge < -0.3 is 24.7 Å². The van der Waals surface area contributed by atoms with Gasteiger partial charge in [0.1, 0.15) is 5.75 Å². The number of carbonyl (C=O) groups is 1. The number of aromatic nitrogens is 4. The van der Waals surface area contributed by atoms with E-state index in [-0.39, 0.29) is 11.4 Å². The number of hydrogen-bond donors (Lipinski definition) is 2. The van der Waals surface area contributed by atoms with E-state index in [4.69, 9.17) is 9.72 Å². The highest BCUT2D eigenvalue weighted by molar-refractivity contribution is 6.01. The Balaban J connectivity index is 1.39. The van der Waals surface area contributed by atoms with E-state index in [1.165, 1.54) is 7.11 Å². The number of alkyl halides is 3. The number of hydrogen-bond acceptors (Lipinski definition) is 6. The van der Waals surface area contributed by atoms with E-state index in [1.54, 1.807) is 36.8 Å². The van der Waals surface area contributed by atoms with Crippen LogP contribution in [-0.4, -0.2) is 39.5 Å². The number of ether oxygens (including phenoxy) is 1. The third-order valence-corrected chi connectivity index (χ3v) is 6.08. The van der Waals surface area contributed by atoms with E-state index >= 15 is 0 Å². The lowest BCUT2D eigenvalue weighted by molar-refractivity contribution is -0.137. The van der Waals surface area contributed by atoms with Gasteiger partial charge in [-0.2, -0.15) is 13.2 Å². The number of pyridine rings is 1. The summed E-state index contributed by atoms with van der Waals surface area (Å²) in [4.78, 5) is 28.1. The molecule has 3 heterocycles. The molecule has 5 aromatic rings. The largest absolute Gasteiger partial charge is 0.495 e. The second-order valence-corrected chi connectivity index (χ2v) is 8.89. The van der Waals surface area contributed by atoms with Crippen molar-refractivity contribution < 1.29 is 22.7 Å². The zero-order valence-electron chi connectivity index (χ0n) is 21.5. The molecule has 0 unspecified atom stereocenters. The number of carbonyl (C=O) groups excluding carboxylic acids is 1. The standard InChI is InChI=1S/C28H24F3N7O2/c1-37(16-18-8-10-32-11-9-18)26-25-33-12-13-38(25)17-23(35-26)19-4-3-5-21(14-19)34-27(39)36-22-15-20(28(29,30)31)6-7-24(22)40-2/h3-15,17H,16H2,1-2H3,(H2,34,36,39). The molecular formula is C28H24F3N7O2. The van der Waals surface area contributed by atoms with Gasteiger partial charge in [0, 0.05) is 55.8 Å². The smallest absolute Gasteiger partial charge is 0.416 e. The van der Waals surface area contributed by atoms with Crippen molar-refractivity contribution >= 4 is 28.9 Å². The minimum Gasteiger partial charge on any atom is -0.495 e. The van der Waals surface area contributed by atoms with Gasteiger partial charge >= 0.3 is 12.2 Å². The van der Waals surface area contributed by atoms with Gasteiger partial charge in [0.15, 0.2) is 11.5 Å². The number of amides is 2. The molecule has 0 spiro atoms. The molecule has 204 valence electrons. The van der Waals surface area contributed by atoms with E-state index in [9.17, 15) is 18.0 Å². The number of benzene rings is 2. The molecule has 2 N–H and O–H groups in total. The summed E-state index contributed by atoms with van der Waals surface area (Å²) in [5, 5.41) is 5.10. The van der Waals surface area contributed by atoms with Crippen molar-refractivity contribution in [2.24, 2.45) is 0 Å². The molecule has 3 aromatic heterocycles. The Morgan fingerprint density at radius 1 is 1.05 bits per heavy atom. The molecular weight excluding hydrogens is 523 g/mol. The first-order valence-corrected chi connectivity index (χ1v) is 12.1. The number of halogens is 3. The second kappa shape index (κ2) is 10.9. The Kier molecular flexibility index (Phi) is 7.23. The number of fused-ring (bicyclic) bond motifs is 1. The second-order valence-electron chi connectivity index (χ2n) is 8.89. The first-order chi connectivity index (χ1) is 19.2. The first-order valence-electron chi connectivity index (χ1n) is 12.1. The van der Waals surface area contributed by atoms with Crippen molar-refractivity contribution in [2.75, 3.05) is 29.7 Å². The zero-order chi connectivity index (χ0) is 28.3. The molecule has 0 bridgehead atoms. The van der Waals surface area contributed by atoms with Crippen LogP contribution in [0.5, 0.6) is 5.75 Å². The molecule has 2 amide bonds. The molecule has 5 rings (SSSR count). The summed E-state index contributed by atoms with van der Waals surface area (Å²) in [6.45, 7) is 0.586. The predicted molar refractivity (Wildman–Crippen MR) is 145 cm³/mol. The van der Waals surface area contributed by atoms with Gasteiger partial charge in [-0.1, -0.05) is 12.1 Å². The SMILES string of the molecule is COc1ccc(C(F)(F)F)cc1NC(=O)Nc1cccc(-c2cn3ccnc3c(N(C)Cc3ccncc3)n2)c1. The third kappa shape index (κ3) is 5.80. The van der Waals surface area contributed by atoms with Gasteiger partial charge in [0.2, 0.25) is 0 Å². The summed E-state index contributed by atoms with van der Waals surface area (Å²) < 4.78 is 46.5. The highest BCUT2D eigenvalue weighted by Crippen LogP contribution is 2.35. The lowest BCUT2D eigenvalue weighted by Crippen LogP contribution is -2.20. The van der Waals surface area contributed by atoms with Crippen molar-refractivity contribution in [2.45, 2.75) is 12.7 Å². The van der Waals surface area contributed by atoms with Crippen LogP contribution in [0.3, 0.4) is 0 Å². The molecule has 40 heavy (non-hydrogen) atoms. The molecule has 0 aliphatic carbocycles. The summed E-state index contributed by atoms with van der Waals surface area (Å²) in [6, 6.07) is 13.0. The molecule has 0 radical (unpaired) electrons. The van der Waals surface area contributed by atoms with Crippen LogP contribution in [0.15, 0.2) is 85.6 Å². The fourth-order valence-corrected chi connectivity index (χ4v) is 4.17. The molecule has 0 fully saturated rings. The maximum atomic E-state index is 13.2. The minimum atomic E-state index is -4.57. The normalized spacial score (nSPS) is 11.3. The van der Waals surface area contributed by atoms with Crippen LogP contribution >= 0.6 is 0 Å². The van der Waals surface area contributed by atoms with Crippen LogP contribution in [0.4, 0.5) is 35.2 Å². The Morgan fingerprint density at radius 2 is 1.85 bits per heavy atom. The molecule has 0 aliphatic rings. The van der Waals surface area contributed by atoms with E-state index < -0.39 is 17.8 Å². The number of nitrogens with one attached hydrogen (secondary N) is 2. The van der Waals surface area contributed by atoms with E-state index in [0.717, 1.165) is 23.8 Å². The average molecular weight is 548 g/mol. The van der Waals surface area contributed by atoms with Crippen molar-refractivity contribution in [3.8, 4) is 17.0 Å². The third-order valence-electron chi connectivity index (χ3n) is 6.08. The van der Waals surface area contributed by atoms with Gasteiger partial charge in [-0.05, 0) is 48.0 Å². The van der Waals surface area contributed by atoms with Crippen LogP contribution in [0, 0.1) is 0 Å². The van der Waals surface area contributed by atoms with Gasteiger partial charge in [-0.25, -0.2) is 14.8 Å². The van der Waals surface area contributed by atoms with E-state index in [0.29, 0.717) is 35.0 Å². The highest BCUT2D eigenvalue weighted by Gasteiger charge is 2.31. The number of rotatable bonds is 7. The lowest BCUT2D eigenvalue weighted by Gasteiger charge is -2.20. The minimum absolute atomic E-state index is 0.0955. The summed E-state index contributed by atoms with van der Waals surface area (Å²) >= 11 is 0. The first kappa shape index (κ1) is 26.5. The quantitative estimate of drug-likeness (QED) is 0.256. The molecule has 0 atom stereocenters. The Hall–Kier alpha value is -5.13. The summed E-state index contributed by atoms with van der Waals surface area (Å²) in [5.74, 6) is 0.755. The van der Waals surface area contributed by atoms with Crippen LogP contribution in [0.25, 0.3) is 16.9 Å². The number of methoxy groups -OCH3 is 1. The topological polar surface area (TPSA) is 96.7 Å². The number of anilines is 3. The van der Waals surface area contributed by atoms with E-state index in [1.807, 2.05) is 46.9 Å². The average Bonchev–Trinajstić information content (AvgIpc) is 3.41.